The molecular formula is C18H21BrN2O3. The van der Waals surface area contributed by atoms with Crippen molar-refractivity contribution < 1.29 is 14.3 Å². The van der Waals surface area contributed by atoms with Crippen molar-refractivity contribution in [2.24, 2.45) is 0 Å². The fourth-order valence-electron chi connectivity index (χ4n) is 2.17. The molecule has 0 saturated heterocycles. The molecule has 2 aromatic carbocycles. The Morgan fingerprint density at radius 3 is 2.21 bits per heavy atom. The van der Waals surface area contributed by atoms with Crippen LogP contribution >= 0.6 is 15.9 Å². The Kier molecular flexibility index (Phi) is 7.08. The van der Waals surface area contributed by atoms with Gasteiger partial charge in [-0.3, -0.25) is 4.79 Å². The summed E-state index contributed by atoms with van der Waals surface area (Å²) in [4.78, 5) is 12.0. The summed E-state index contributed by atoms with van der Waals surface area (Å²) in [5, 5.41) is 6.17. The third kappa shape index (κ3) is 5.54. The topological polar surface area (TPSA) is 59.6 Å². The summed E-state index contributed by atoms with van der Waals surface area (Å²) in [5.74, 6) is 1.44. The van der Waals surface area contributed by atoms with E-state index in [2.05, 4.69) is 26.6 Å². The van der Waals surface area contributed by atoms with E-state index in [4.69, 9.17) is 9.47 Å². The Morgan fingerprint density at radius 2 is 1.62 bits per heavy atom. The molecule has 0 saturated carbocycles. The van der Waals surface area contributed by atoms with E-state index in [1.165, 1.54) is 0 Å². The molecule has 2 rings (SSSR count). The van der Waals surface area contributed by atoms with E-state index in [0.29, 0.717) is 25.2 Å². The summed E-state index contributed by atoms with van der Waals surface area (Å²) >= 11 is 3.35. The largest absolute Gasteiger partial charge is 0.497 e. The molecule has 0 spiro atoms. The van der Waals surface area contributed by atoms with Gasteiger partial charge in [0.15, 0.2) is 0 Å². The summed E-state index contributed by atoms with van der Waals surface area (Å²) in [5.41, 5.74) is 1.71. The quantitative estimate of drug-likeness (QED) is 0.677. The van der Waals surface area contributed by atoms with E-state index in [0.717, 1.165) is 21.5 Å². The van der Waals surface area contributed by atoms with Crippen molar-refractivity contribution in [3.8, 4) is 11.5 Å². The van der Waals surface area contributed by atoms with Crippen molar-refractivity contribution in [1.29, 1.82) is 0 Å². The molecule has 2 aromatic rings. The van der Waals surface area contributed by atoms with Gasteiger partial charge in [0.05, 0.1) is 14.2 Å². The smallest absolute Gasteiger partial charge is 0.251 e. The highest BCUT2D eigenvalue weighted by molar-refractivity contribution is 9.10. The van der Waals surface area contributed by atoms with Crippen LogP contribution in [-0.2, 0) is 6.54 Å². The van der Waals surface area contributed by atoms with Crippen LogP contribution in [0.15, 0.2) is 46.9 Å². The number of methoxy groups -OCH3 is 2. The van der Waals surface area contributed by atoms with Crippen LogP contribution in [0, 0.1) is 0 Å². The predicted molar refractivity (Wildman–Crippen MR) is 97.7 cm³/mol. The molecule has 0 aromatic heterocycles. The number of halogens is 1. The molecule has 5 nitrogen and oxygen atoms in total. The molecule has 2 N–H and O–H groups in total. The first kappa shape index (κ1) is 18.3. The first-order chi connectivity index (χ1) is 11.6. The van der Waals surface area contributed by atoms with E-state index in [-0.39, 0.29) is 5.91 Å². The van der Waals surface area contributed by atoms with Gasteiger partial charge in [-0.15, -0.1) is 0 Å². The molecule has 0 heterocycles. The SMILES string of the molecule is COc1cc(CNCCNC(=O)c2ccc(Br)cc2)cc(OC)c1. The molecule has 6 heteroatoms. The number of hydrogen-bond acceptors (Lipinski definition) is 4. The van der Waals surface area contributed by atoms with Crippen molar-refractivity contribution in [3.63, 3.8) is 0 Å². The number of carbonyl (C=O) groups is 1. The Morgan fingerprint density at radius 1 is 1.00 bits per heavy atom. The molecule has 0 unspecified atom stereocenters. The van der Waals surface area contributed by atoms with E-state index >= 15 is 0 Å². The summed E-state index contributed by atoms with van der Waals surface area (Å²) in [7, 11) is 3.26. The Hall–Kier alpha value is -2.05. The van der Waals surface area contributed by atoms with Crippen LogP contribution in [0.2, 0.25) is 0 Å². The summed E-state index contributed by atoms with van der Waals surface area (Å²) < 4.78 is 11.4. The number of benzene rings is 2. The van der Waals surface area contributed by atoms with Crippen molar-refractivity contribution in [1.82, 2.24) is 10.6 Å². The Balaban J connectivity index is 1.75. The molecule has 0 aliphatic rings. The molecule has 0 atom stereocenters. The highest BCUT2D eigenvalue weighted by Crippen LogP contribution is 2.22. The molecule has 128 valence electrons. The van der Waals surface area contributed by atoms with Crippen LogP contribution in [0.4, 0.5) is 0 Å². The summed E-state index contributed by atoms with van der Waals surface area (Å²) in [6.07, 6.45) is 0. The van der Waals surface area contributed by atoms with Gasteiger partial charge in [0.1, 0.15) is 11.5 Å². The minimum atomic E-state index is -0.0765. The monoisotopic (exact) mass is 392 g/mol. The van der Waals surface area contributed by atoms with Crippen molar-refractivity contribution in [2.45, 2.75) is 6.54 Å². The number of rotatable bonds is 8. The number of nitrogens with one attached hydrogen (secondary N) is 2. The average Bonchev–Trinajstić information content (AvgIpc) is 2.61. The standard InChI is InChI=1S/C18H21BrN2O3/c1-23-16-9-13(10-17(11-16)24-2)12-20-7-8-21-18(22)14-3-5-15(19)6-4-14/h3-6,9-11,20H,7-8,12H2,1-2H3,(H,21,22). The van der Waals surface area contributed by atoms with E-state index in [1.54, 1.807) is 26.4 Å². The van der Waals surface area contributed by atoms with Gasteiger partial charge in [0, 0.05) is 35.7 Å². The molecule has 0 radical (unpaired) electrons. The maximum atomic E-state index is 12.0. The van der Waals surface area contributed by atoms with Gasteiger partial charge in [0.2, 0.25) is 0 Å². The molecule has 0 aliphatic carbocycles. The molecular weight excluding hydrogens is 372 g/mol. The lowest BCUT2D eigenvalue weighted by Crippen LogP contribution is -2.31. The maximum absolute atomic E-state index is 12.0. The second kappa shape index (κ2) is 9.30. The number of hydrogen-bond donors (Lipinski definition) is 2. The Bertz CT molecular complexity index is 652. The lowest BCUT2D eigenvalue weighted by molar-refractivity contribution is 0.0954. The van der Waals surface area contributed by atoms with Crippen LogP contribution in [-0.4, -0.2) is 33.2 Å². The fourth-order valence-corrected chi connectivity index (χ4v) is 2.43. The van der Waals surface area contributed by atoms with Crippen LogP contribution in [0.3, 0.4) is 0 Å². The van der Waals surface area contributed by atoms with Gasteiger partial charge in [-0.1, -0.05) is 15.9 Å². The lowest BCUT2D eigenvalue weighted by atomic mass is 10.2. The molecule has 0 bridgehead atoms. The zero-order valence-corrected chi connectivity index (χ0v) is 15.4. The third-order valence-electron chi connectivity index (χ3n) is 3.43. The summed E-state index contributed by atoms with van der Waals surface area (Å²) in [6.45, 7) is 1.89. The normalized spacial score (nSPS) is 10.3. The number of carbonyl (C=O) groups excluding carboxylic acids is 1. The van der Waals surface area contributed by atoms with E-state index in [9.17, 15) is 4.79 Å². The van der Waals surface area contributed by atoms with Gasteiger partial charge in [0.25, 0.3) is 5.91 Å². The van der Waals surface area contributed by atoms with Crippen LogP contribution < -0.4 is 20.1 Å². The van der Waals surface area contributed by atoms with Crippen LogP contribution in [0.25, 0.3) is 0 Å². The first-order valence-electron chi connectivity index (χ1n) is 7.59. The van der Waals surface area contributed by atoms with Gasteiger partial charge in [-0.05, 0) is 42.0 Å². The average molecular weight is 393 g/mol. The minimum absolute atomic E-state index is 0.0765. The number of amides is 1. The van der Waals surface area contributed by atoms with E-state index < -0.39 is 0 Å². The summed E-state index contributed by atoms with van der Waals surface area (Å²) in [6, 6.07) is 13.0. The van der Waals surface area contributed by atoms with Crippen molar-refractivity contribution in [2.75, 3.05) is 27.3 Å². The van der Waals surface area contributed by atoms with Gasteiger partial charge in [-0.25, -0.2) is 0 Å². The van der Waals surface area contributed by atoms with E-state index in [1.807, 2.05) is 30.3 Å². The van der Waals surface area contributed by atoms with Crippen molar-refractivity contribution in [3.05, 3.63) is 58.1 Å². The highest BCUT2D eigenvalue weighted by atomic mass is 79.9. The van der Waals surface area contributed by atoms with Gasteiger partial charge >= 0.3 is 0 Å². The van der Waals surface area contributed by atoms with Crippen molar-refractivity contribution >= 4 is 21.8 Å². The first-order valence-corrected chi connectivity index (χ1v) is 8.38. The maximum Gasteiger partial charge on any atom is 0.251 e. The third-order valence-corrected chi connectivity index (χ3v) is 3.96. The number of ether oxygens (including phenoxy) is 2. The zero-order valence-electron chi connectivity index (χ0n) is 13.8. The second-order valence-corrected chi connectivity index (χ2v) is 6.08. The van der Waals surface area contributed by atoms with Gasteiger partial charge in [-0.2, -0.15) is 0 Å². The zero-order chi connectivity index (χ0) is 17.4. The molecule has 24 heavy (non-hydrogen) atoms. The Labute approximate surface area is 150 Å². The predicted octanol–water partition coefficient (Wildman–Crippen LogP) is 2.99. The molecule has 0 fully saturated rings. The fraction of sp³-hybridized carbons (Fsp3) is 0.278. The van der Waals surface area contributed by atoms with Crippen LogP contribution in [0.1, 0.15) is 15.9 Å². The minimum Gasteiger partial charge on any atom is -0.497 e. The highest BCUT2D eigenvalue weighted by Gasteiger charge is 2.04. The van der Waals surface area contributed by atoms with Crippen LogP contribution in [0.5, 0.6) is 11.5 Å². The van der Waals surface area contributed by atoms with Gasteiger partial charge < -0.3 is 20.1 Å². The second-order valence-electron chi connectivity index (χ2n) is 5.16. The molecule has 1 amide bonds. The molecule has 0 aliphatic heterocycles. The lowest BCUT2D eigenvalue weighted by Gasteiger charge is -2.10.